The van der Waals surface area contributed by atoms with Crippen LogP contribution >= 0.6 is 0 Å². The molecule has 0 rings (SSSR count). The van der Waals surface area contributed by atoms with Gasteiger partial charge in [0, 0.05) is 6.54 Å². The fraction of sp³-hybridized carbons (Fsp3) is 0.750. The van der Waals surface area contributed by atoms with Crippen molar-refractivity contribution >= 4 is 18.2 Å². The largest absolute Gasteiger partial charge is 0.480 e. The number of nitrogens with zero attached hydrogens (tertiary/aromatic N) is 1. The molecule has 7 nitrogen and oxygen atoms in total. The van der Waals surface area contributed by atoms with Crippen LogP contribution in [-0.4, -0.2) is 47.0 Å². The summed E-state index contributed by atoms with van der Waals surface area (Å²) in [5.74, 6) is -1.95. The molecule has 2 atom stereocenters. The quantitative estimate of drug-likeness (QED) is 0.314. The summed E-state index contributed by atoms with van der Waals surface area (Å²) in [4.78, 5) is 25.0. The molecular formula is C12H23N3O4. The molecule has 0 fully saturated rings. The maximum atomic E-state index is 10.4. The molecule has 0 aromatic heterocycles. The van der Waals surface area contributed by atoms with Crippen LogP contribution in [0.3, 0.4) is 0 Å². The topological polar surface area (TPSA) is 139 Å². The average molecular weight is 273 g/mol. The molecule has 0 bridgehead atoms. The van der Waals surface area contributed by atoms with E-state index in [2.05, 4.69) is 4.99 Å². The number of hydrogen-bond acceptors (Lipinski definition) is 5. The van der Waals surface area contributed by atoms with E-state index in [-0.39, 0.29) is 0 Å². The minimum Gasteiger partial charge on any atom is -0.480 e. The van der Waals surface area contributed by atoms with Crippen LogP contribution in [0, 0.1) is 0 Å². The molecule has 0 spiro atoms. The molecule has 19 heavy (non-hydrogen) atoms. The maximum Gasteiger partial charge on any atom is 0.320 e. The van der Waals surface area contributed by atoms with Crippen molar-refractivity contribution in [2.75, 3.05) is 6.54 Å². The predicted octanol–water partition coefficient (Wildman–Crippen LogP) is 0.222. The zero-order valence-electron chi connectivity index (χ0n) is 11.0. The number of unbranched alkanes of at least 4 members (excludes halogenated alkanes) is 2. The van der Waals surface area contributed by atoms with Crippen molar-refractivity contribution < 1.29 is 19.8 Å². The Hall–Kier alpha value is -1.47. The van der Waals surface area contributed by atoms with E-state index in [1.807, 2.05) is 0 Å². The van der Waals surface area contributed by atoms with Crippen LogP contribution < -0.4 is 11.5 Å². The Morgan fingerprint density at radius 3 is 2.05 bits per heavy atom. The van der Waals surface area contributed by atoms with Crippen LogP contribution in [0.15, 0.2) is 4.99 Å². The third-order valence-electron chi connectivity index (χ3n) is 2.66. The molecule has 0 radical (unpaired) electrons. The number of carboxylic acid groups (broad SMARTS) is 2. The van der Waals surface area contributed by atoms with Gasteiger partial charge < -0.3 is 21.7 Å². The van der Waals surface area contributed by atoms with E-state index in [9.17, 15) is 9.59 Å². The molecule has 0 saturated heterocycles. The van der Waals surface area contributed by atoms with Gasteiger partial charge in [0.05, 0.1) is 0 Å². The van der Waals surface area contributed by atoms with Gasteiger partial charge in [-0.25, -0.2) is 0 Å². The Kier molecular flexibility index (Phi) is 9.64. The fourth-order valence-electron chi connectivity index (χ4n) is 1.43. The van der Waals surface area contributed by atoms with Gasteiger partial charge in [-0.15, -0.1) is 0 Å². The Morgan fingerprint density at radius 2 is 1.53 bits per heavy atom. The molecule has 110 valence electrons. The Bertz CT molecular complexity index is 307. The van der Waals surface area contributed by atoms with Crippen LogP contribution in [0.2, 0.25) is 0 Å². The van der Waals surface area contributed by atoms with Gasteiger partial charge in [0.25, 0.3) is 0 Å². The molecule has 0 aliphatic heterocycles. The van der Waals surface area contributed by atoms with Crippen molar-refractivity contribution in [2.24, 2.45) is 16.5 Å². The first kappa shape index (κ1) is 17.5. The summed E-state index contributed by atoms with van der Waals surface area (Å²) in [6.07, 6.45) is 5.58. The third kappa shape index (κ3) is 10.2. The van der Waals surface area contributed by atoms with Crippen LogP contribution in [0.4, 0.5) is 0 Å². The molecule has 0 heterocycles. The molecule has 0 aromatic rings. The van der Waals surface area contributed by atoms with Gasteiger partial charge in [-0.3, -0.25) is 14.6 Å². The number of hydrogen-bond donors (Lipinski definition) is 4. The molecule has 0 aliphatic rings. The van der Waals surface area contributed by atoms with Crippen LogP contribution in [-0.2, 0) is 9.59 Å². The van der Waals surface area contributed by atoms with E-state index in [0.717, 1.165) is 12.8 Å². The SMILES string of the molecule is NC(CCCC=NCCCC[C@H](N)C(=O)O)C(=O)O. The summed E-state index contributed by atoms with van der Waals surface area (Å²) in [6, 6.07) is -1.59. The first-order valence-electron chi connectivity index (χ1n) is 6.40. The second kappa shape index (κ2) is 10.5. The summed E-state index contributed by atoms with van der Waals surface area (Å²) < 4.78 is 0. The lowest BCUT2D eigenvalue weighted by Gasteiger charge is -2.04. The van der Waals surface area contributed by atoms with Gasteiger partial charge in [0.2, 0.25) is 0 Å². The second-order valence-corrected chi connectivity index (χ2v) is 4.40. The second-order valence-electron chi connectivity index (χ2n) is 4.40. The third-order valence-corrected chi connectivity index (χ3v) is 2.66. The molecule has 6 N–H and O–H groups in total. The first-order chi connectivity index (χ1) is 8.95. The Morgan fingerprint density at radius 1 is 1.00 bits per heavy atom. The summed E-state index contributed by atoms with van der Waals surface area (Å²) >= 11 is 0. The molecular weight excluding hydrogens is 250 g/mol. The minimum absolute atomic E-state index is 0.439. The molecule has 1 unspecified atom stereocenters. The lowest BCUT2D eigenvalue weighted by Crippen LogP contribution is -2.29. The van der Waals surface area contributed by atoms with Gasteiger partial charge in [-0.2, -0.15) is 0 Å². The van der Waals surface area contributed by atoms with Crippen LogP contribution in [0.5, 0.6) is 0 Å². The number of aliphatic carboxylic acids is 2. The van der Waals surface area contributed by atoms with E-state index in [1.54, 1.807) is 6.21 Å². The van der Waals surface area contributed by atoms with E-state index in [0.29, 0.717) is 32.2 Å². The van der Waals surface area contributed by atoms with Gasteiger partial charge in [0.15, 0.2) is 0 Å². The molecule has 0 saturated carbocycles. The number of carboxylic acids is 2. The highest BCUT2D eigenvalue weighted by Crippen LogP contribution is 2.00. The monoisotopic (exact) mass is 273 g/mol. The van der Waals surface area contributed by atoms with Gasteiger partial charge >= 0.3 is 11.9 Å². The van der Waals surface area contributed by atoms with Crippen molar-refractivity contribution in [1.82, 2.24) is 0 Å². The van der Waals surface area contributed by atoms with Crippen LogP contribution in [0.1, 0.15) is 38.5 Å². The Labute approximate surface area is 112 Å². The predicted molar refractivity (Wildman–Crippen MR) is 72.3 cm³/mol. The summed E-state index contributed by atoms with van der Waals surface area (Å²) in [7, 11) is 0. The zero-order chi connectivity index (χ0) is 14.7. The van der Waals surface area contributed by atoms with E-state index >= 15 is 0 Å². The Balaban J connectivity index is 3.40. The number of aliphatic imine (C=N–C) groups is 1. The van der Waals surface area contributed by atoms with Gasteiger partial charge in [0.1, 0.15) is 12.1 Å². The average Bonchev–Trinajstić information content (AvgIpc) is 2.35. The summed E-state index contributed by atoms with van der Waals surface area (Å²) in [5.41, 5.74) is 10.7. The molecule has 0 aliphatic carbocycles. The standard InChI is InChI=1S/C12H23N3O4/c13-9(11(16)17)5-1-3-7-15-8-4-2-6-10(14)12(18)19/h7,9-10H,1-6,8,13-14H2,(H,16,17)(H,18,19)/t9?,10-/m0/s1. The van der Waals surface area contributed by atoms with E-state index in [1.165, 1.54) is 0 Å². The highest BCUT2D eigenvalue weighted by molar-refractivity contribution is 5.73. The number of rotatable bonds is 11. The highest BCUT2D eigenvalue weighted by Gasteiger charge is 2.10. The van der Waals surface area contributed by atoms with Crippen molar-refractivity contribution in [3.8, 4) is 0 Å². The number of carbonyl (C=O) groups is 2. The minimum atomic E-state index is -0.980. The van der Waals surface area contributed by atoms with Crippen molar-refractivity contribution in [3.05, 3.63) is 0 Å². The fourth-order valence-corrected chi connectivity index (χ4v) is 1.43. The number of nitrogens with two attached hydrogens (primary N) is 2. The van der Waals surface area contributed by atoms with E-state index < -0.39 is 24.0 Å². The van der Waals surface area contributed by atoms with Crippen molar-refractivity contribution in [1.29, 1.82) is 0 Å². The molecule has 7 heteroatoms. The molecule has 0 aromatic carbocycles. The van der Waals surface area contributed by atoms with Crippen molar-refractivity contribution in [3.63, 3.8) is 0 Å². The lowest BCUT2D eigenvalue weighted by molar-refractivity contribution is -0.139. The lowest BCUT2D eigenvalue weighted by atomic mass is 10.1. The maximum absolute atomic E-state index is 10.4. The smallest absolute Gasteiger partial charge is 0.320 e. The first-order valence-corrected chi connectivity index (χ1v) is 6.40. The van der Waals surface area contributed by atoms with Gasteiger partial charge in [-0.05, 0) is 44.7 Å². The zero-order valence-corrected chi connectivity index (χ0v) is 11.0. The van der Waals surface area contributed by atoms with Crippen molar-refractivity contribution in [2.45, 2.75) is 50.6 Å². The van der Waals surface area contributed by atoms with Gasteiger partial charge in [-0.1, -0.05) is 0 Å². The molecule has 0 amide bonds. The van der Waals surface area contributed by atoms with Crippen LogP contribution in [0.25, 0.3) is 0 Å². The highest BCUT2D eigenvalue weighted by atomic mass is 16.4. The van der Waals surface area contributed by atoms with E-state index in [4.69, 9.17) is 21.7 Å². The summed E-state index contributed by atoms with van der Waals surface area (Å²) in [5, 5.41) is 17.1. The normalized spacial score (nSPS) is 14.4. The summed E-state index contributed by atoms with van der Waals surface area (Å²) in [6.45, 7) is 0.636.